The lowest BCUT2D eigenvalue weighted by Gasteiger charge is -2.38. The Morgan fingerprint density at radius 3 is 2.71 bits per heavy atom. The molecule has 24 heavy (non-hydrogen) atoms. The van der Waals surface area contributed by atoms with Crippen molar-refractivity contribution in [2.24, 2.45) is 0 Å². The zero-order chi connectivity index (χ0) is 16.8. The lowest BCUT2D eigenvalue weighted by Crippen LogP contribution is -2.45. The van der Waals surface area contributed by atoms with Crippen LogP contribution in [0.1, 0.15) is 23.4 Å². The smallest absolute Gasteiger partial charge is 0.230 e. The first-order valence-electron chi connectivity index (χ1n) is 8.01. The number of carbonyl (C=O) groups excluding carboxylic acids is 1. The van der Waals surface area contributed by atoms with Crippen LogP contribution in [0.3, 0.4) is 0 Å². The minimum absolute atomic E-state index is 0.0286. The van der Waals surface area contributed by atoms with Gasteiger partial charge in [-0.2, -0.15) is 0 Å². The van der Waals surface area contributed by atoms with Crippen molar-refractivity contribution in [1.29, 1.82) is 0 Å². The second-order valence-electron chi connectivity index (χ2n) is 5.91. The van der Waals surface area contributed by atoms with Crippen LogP contribution in [0.2, 0.25) is 0 Å². The highest BCUT2D eigenvalue weighted by molar-refractivity contribution is 8.01. The molecule has 7 heteroatoms. The van der Waals surface area contributed by atoms with Crippen LogP contribution >= 0.6 is 23.1 Å². The van der Waals surface area contributed by atoms with Crippen molar-refractivity contribution >= 4 is 29.0 Å². The van der Waals surface area contributed by atoms with E-state index in [2.05, 4.69) is 39.8 Å². The summed E-state index contributed by atoms with van der Waals surface area (Å²) in [4.78, 5) is 12.2. The van der Waals surface area contributed by atoms with Crippen molar-refractivity contribution in [1.82, 2.24) is 15.5 Å². The van der Waals surface area contributed by atoms with Gasteiger partial charge < -0.3 is 10.1 Å². The summed E-state index contributed by atoms with van der Waals surface area (Å²) < 4.78 is 6.37. The monoisotopic (exact) mass is 363 g/mol. The van der Waals surface area contributed by atoms with Gasteiger partial charge in [0.15, 0.2) is 4.34 Å². The maximum absolute atomic E-state index is 12.2. The second-order valence-corrected chi connectivity index (χ2v) is 8.32. The van der Waals surface area contributed by atoms with E-state index in [-0.39, 0.29) is 11.3 Å². The van der Waals surface area contributed by atoms with E-state index in [4.69, 9.17) is 4.74 Å². The number of hydrogen-bond donors (Lipinski definition) is 1. The number of thioether (sulfide) groups is 1. The molecular weight excluding hydrogens is 342 g/mol. The molecule has 1 aromatic heterocycles. The Balaban J connectivity index is 1.58. The SMILES string of the molecule is Cc1nnc(SCC(=O)NCC2(c3ccccc3)CCOCC2)s1. The van der Waals surface area contributed by atoms with Crippen molar-refractivity contribution < 1.29 is 9.53 Å². The molecule has 1 saturated heterocycles. The molecule has 0 aliphatic carbocycles. The Labute approximate surface area is 150 Å². The standard InChI is InChI=1S/C17H21N3O2S2/c1-13-19-20-16(24-13)23-11-15(21)18-12-17(7-9-22-10-8-17)14-5-3-2-4-6-14/h2-6H,7-12H2,1H3,(H,18,21). The average Bonchev–Trinajstić information content (AvgIpc) is 3.05. The largest absolute Gasteiger partial charge is 0.381 e. The number of benzene rings is 1. The van der Waals surface area contributed by atoms with Gasteiger partial charge in [-0.05, 0) is 25.3 Å². The first-order valence-corrected chi connectivity index (χ1v) is 9.81. The third-order valence-corrected chi connectivity index (χ3v) is 6.27. The predicted octanol–water partition coefficient (Wildman–Crippen LogP) is 2.80. The van der Waals surface area contributed by atoms with E-state index in [1.165, 1.54) is 28.7 Å². The number of amides is 1. The lowest BCUT2D eigenvalue weighted by molar-refractivity contribution is -0.119. The topological polar surface area (TPSA) is 64.1 Å². The summed E-state index contributed by atoms with van der Waals surface area (Å²) in [5.74, 6) is 0.408. The fourth-order valence-corrected chi connectivity index (χ4v) is 4.55. The van der Waals surface area contributed by atoms with E-state index >= 15 is 0 Å². The van der Waals surface area contributed by atoms with Crippen molar-refractivity contribution in [3.63, 3.8) is 0 Å². The maximum Gasteiger partial charge on any atom is 0.230 e. The summed E-state index contributed by atoms with van der Waals surface area (Å²) in [6.45, 7) is 4.04. The predicted molar refractivity (Wildman–Crippen MR) is 96.6 cm³/mol. The van der Waals surface area contributed by atoms with E-state index in [0.717, 1.165) is 35.4 Å². The fourth-order valence-electron chi connectivity index (χ4n) is 2.90. The van der Waals surface area contributed by atoms with Gasteiger partial charge in [0.05, 0.1) is 5.75 Å². The summed E-state index contributed by atoms with van der Waals surface area (Å²) >= 11 is 2.96. The number of nitrogens with zero attached hydrogens (tertiary/aromatic N) is 2. The third kappa shape index (κ3) is 4.34. The molecule has 1 aliphatic rings. The summed E-state index contributed by atoms with van der Waals surface area (Å²) in [5, 5.41) is 12.0. The molecule has 0 spiro atoms. The van der Waals surface area contributed by atoms with Crippen LogP contribution in [0.5, 0.6) is 0 Å². The Bertz CT molecular complexity index is 669. The van der Waals surface area contributed by atoms with Crippen molar-refractivity contribution in [2.75, 3.05) is 25.5 Å². The molecule has 128 valence electrons. The van der Waals surface area contributed by atoms with E-state index in [0.29, 0.717) is 12.3 Å². The second kappa shape index (κ2) is 8.09. The number of nitrogens with one attached hydrogen (secondary N) is 1. The van der Waals surface area contributed by atoms with Gasteiger partial charge in [0.2, 0.25) is 5.91 Å². The number of carbonyl (C=O) groups is 1. The number of ether oxygens (including phenoxy) is 1. The Kier molecular flexibility index (Phi) is 5.86. The summed E-state index contributed by atoms with van der Waals surface area (Å²) in [6, 6.07) is 10.4. The average molecular weight is 364 g/mol. The van der Waals surface area contributed by atoms with Gasteiger partial charge in [0.25, 0.3) is 0 Å². The molecule has 1 amide bonds. The van der Waals surface area contributed by atoms with Crippen LogP contribution < -0.4 is 5.32 Å². The van der Waals surface area contributed by atoms with Crippen molar-refractivity contribution in [3.05, 3.63) is 40.9 Å². The zero-order valence-electron chi connectivity index (χ0n) is 13.7. The first-order chi connectivity index (χ1) is 11.7. The number of hydrogen-bond acceptors (Lipinski definition) is 6. The third-order valence-electron chi connectivity index (χ3n) is 4.29. The van der Waals surface area contributed by atoms with Gasteiger partial charge in [0.1, 0.15) is 5.01 Å². The molecule has 1 aliphatic heterocycles. The fraction of sp³-hybridized carbons (Fsp3) is 0.471. The van der Waals surface area contributed by atoms with Crippen LogP contribution in [-0.2, 0) is 14.9 Å². The maximum atomic E-state index is 12.2. The van der Waals surface area contributed by atoms with Gasteiger partial charge >= 0.3 is 0 Å². The molecule has 3 rings (SSSR count). The van der Waals surface area contributed by atoms with Crippen molar-refractivity contribution in [2.45, 2.75) is 29.5 Å². The van der Waals surface area contributed by atoms with Gasteiger partial charge in [-0.15, -0.1) is 10.2 Å². The first kappa shape index (κ1) is 17.4. The molecule has 0 bridgehead atoms. The number of rotatable bonds is 6. The van der Waals surface area contributed by atoms with Crippen LogP contribution in [0.4, 0.5) is 0 Å². The van der Waals surface area contributed by atoms with Gasteiger partial charge in [-0.25, -0.2) is 0 Å². The van der Waals surface area contributed by atoms with Crippen LogP contribution in [0.25, 0.3) is 0 Å². The minimum atomic E-state index is -0.0286. The molecule has 1 aromatic carbocycles. The lowest BCUT2D eigenvalue weighted by atomic mass is 9.74. The van der Waals surface area contributed by atoms with Gasteiger partial charge in [0, 0.05) is 25.2 Å². The van der Waals surface area contributed by atoms with Crippen LogP contribution in [0, 0.1) is 6.92 Å². The summed E-state index contributed by atoms with van der Waals surface area (Å²) in [7, 11) is 0. The molecule has 0 saturated carbocycles. The molecule has 5 nitrogen and oxygen atoms in total. The number of aryl methyl sites for hydroxylation is 1. The number of aromatic nitrogens is 2. The van der Waals surface area contributed by atoms with Crippen molar-refractivity contribution in [3.8, 4) is 0 Å². The minimum Gasteiger partial charge on any atom is -0.381 e. The quantitative estimate of drug-likeness (QED) is 0.800. The van der Waals surface area contributed by atoms with Gasteiger partial charge in [-0.1, -0.05) is 53.4 Å². The van der Waals surface area contributed by atoms with Crippen LogP contribution in [0.15, 0.2) is 34.7 Å². The highest BCUT2D eigenvalue weighted by Gasteiger charge is 2.34. The van der Waals surface area contributed by atoms with E-state index in [9.17, 15) is 4.79 Å². The van der Waals surface area contributed by atoms with E-state index in [1.54, 1.807) is 0 Å². The Hall–Kier alpha value is -1.44. The normalized spacial score (nSPS) is 16.7. The molecule has 1 N–H and O–H groups in total. The highest BCUT2D eigenvalue weighted by Crippen LogP contribution is 2.34. The van der Waals surface area contributed by atoms with Crippen LogP contribution in [-0.4, -0.2) is 41.6 Å². The highest BCUT2D eigenvalue weighted by atomic mass is 32.2. The molecular formula is C17H21N3O2S2. The molecule has 0 radical (unpaired) electrons. The van der Waals surface area contributed by atoms with E-state index in [1.807, 2.05) is 13.0 Å². The molecule has 1 fully saturated rings. The summed E-state index contributed by atoms with van der Waals surface area (Å²) in [6.07, 6.45) is 1.86. The molecule has 0 atom stereocenters. The van der Waals surface area contributed by atoms with Gasteiger partial charge in [-0.3, -0.25) is 4.79 Å². The zero-order valence-corrected chi connectivity index (χ0v) is 15.3. The Morgan fingerprint density at radius 1 is 1.29 bits per heavy atom. The van der Waals surface area contributed by atoms with E-state index < -0.39 is 0 Å². The molecule has 2 aromatic rings. The Morgan fingerprint density at radius 2 is 2.04 bits per heavy atom. The molecule has 2 heterocycles. The molecule has 0 unspecified atom stereocenters. The summed E-state index contributed by atoms with van der Waals surface area (Å²) in [5.41, 5.74) is 1.25.